The second-order valence-electron chi connectivity index (χ2n) is 26.0. The van der Waals surface area contributed by atoms with Gasteiger partial charge in [-0.05, 0) is 205 Å². The number of ether oxygens (including phenoxy) is 2. The molecule has 6 aromatic carbocycles. The number of aromatic hydroxyl groups is 1. The third-order valence-corrected chi connectivity index (χ3v) is 18.5. The lowest BCUT2D eigenvalue weighted by Gasteiger charge is -2.29. The van der Waals surface area contributed by atoms with Crippen molar-refractivity contribution < 1.29 is 46.8 Å². The van der Waals surface area contributed by atoms with E-state index < -0.39 is 20.5 Å². The van der Waals surface area contributed by atoms with Crippen molar-refractivity contribution in [1.82, 2.24) is 0 Å². The van der Waals surface area contributed by atoms with Crippen LogP contribution < -0.4 is 28.7 Å². The van der Waals surface area contributed by atoms with Gasteiger partial charge in [-0.3, -0.25) is 0 Å². The average molecular weight is 1250 g/mol. The van der Waals surface area contributed by atoms with Crippen molar-refractivity contribution in [1.29, 1.82) is 0 Å². The number of esters is 2. The van der Waals surface area contributed by atoms with E-state index in [4.69, 9.17) is 32.1 Å². The van der Waals surface area contributed by atoms with Crippen LogP contribution in [-0.4, -0.2) is 17.0 Å². The highest BCUT2D eigenvalue weighted by Crippen LogP contribution is 2.53. The molecule has 5 atom stereocenters. The maximum absolute atomic E-state index is 15.7. The first-order chi connectivity index (χ1) is 43.5. The fourth-order valence-corrected chi connectivity index (χ4v) is 14.4. The molecule has 0 aromatic heterocycles. The standard InChI is InChI=1S/C78H87O10P2/c1-49(2)40-58-28-14-20-34-69(58)84-89-85-70-35-21-15-30-60(70)45-53(8)43-56-38-39-64-61(46-56)48-66(78(81)83-68-33-19-12-26-55(68)10)76(74(64)73-63-31-17-13-27-57(63)47-65(75(73)79)77(80)82-67-32-18-11-25-54(67)9)88-90(86-71-36-22-16-29-59(71)41-50(3)4)87-72-37-23-24-52(7)44-62(72)42-51(5)6/h11-17,19-22,25-28,30-31,33-37,39,44,46-53,56,59,79H,18,23-24,29,32,38,40-43,45H2,1-10H3/q-1. The summed E-state index contributed by atoms with van der Waals surface area (Å²) in [5.74, 6) is 4.01. The molecular weight excluding hydrogens is 1160 g/mol. The van der Waals surface area contributed by atoms with Crippen LogP contribution in [0.5, 0.6) is 28.7 Å². The van der Waals surface area contributed by atoms with Crippen molar-refractivity contribution in [2.45, 2.75) is 140 Å². The van der Waals surface area contributed by atoms with Gasteiger partial charge in [0, 0.05) is 23.5 Å². The summed E-state index contributed by atoms with van der Waals surface area (Å²) in [5, 5.41) is 16.0. The molecule has 0 fully saturated rings. The Morgan fingerprint density at radius 3 is 2.08 bits per heavy atom. The second kappa shape index (κ2) is 30.4. The maximum atomic E-state index is 15.7. The molecule has 1 N–H and O–H groups in total. The number of fused-ring (bicyclic) bond motifs is 2. The number of carbonyl (C=O) groups excluding carboxylic acids is 2. The van der Waals surface area contributed by atoms with E-state index in [1.165, 1.54) is 0 Å². The molecular formula is C78H87O10P2-. The molecule has 0 saturated heterocycles. The largest absolute Gasteiger partial charge is 0.628 e. The zero-order valence-corrected chi connectivity index (χ0v) is 55.7. The van der Waals surface area contributed by atoms with Crippen LogP contribution in [0.4, 0.5) is 0 Å². The minimum absolute atomic E-state index is 0.0239. The zero-order chi connectivity index (χ0) is 63.4. The number of aryl methyl sites for hydroxylation is 1. The van der Waals surface area contributed by atoms with E-state index in [9.17, 15) is 9.90 Å². The summed E-state index contributed by atoms with van der Waals surface area (Å²) in [6, 6.07) is 34.9. The van der Waals surface area contributed by atoms with Gasteiger partial charge in [-0.15, -0.1) is 9.03 Å². The van der Waals surface area contributed by atoms with Crippen LogP contribution in [0.15, 0.2) is 180 Å². The molecule has 0 heterocycles. The third kappa shape index (κ3) is 16.5. The van der Waals surface area contributed by atoms with Crippen molar-refractivity contribution in [3.05, 3.63) is 218 Å². The van der Waals surface area contributed by atoms with Crippen molar-refractivity contribution in [2.75, 3.05) is 0 Å². The number of allylic oxidation sites excluding steroid dienone is 11. The average Bonchev–Trinajstić information content (AvgIpc) is 0.767. The molecule has 4 aliphatic rings. The van der Waals surface area contributed by atoms with Gasteiger partial charge in [-0.1, -0.05) is 177 Å². The molecule has 5 unspecified atom stereocenters. The second-order valence-corrected chi connectivity index (χ2v) is 27.6. The van der Waals surface area contributed by atoms with Crippen molar-refractivity contribution in [3.63, 3.8) is 0 Å². The number of rotatable bonds is 25. The molecule has 0 saturated carbocycles. The van der Waals surface area contributed by atoms with Gasteiger partial charge in [0.1, 0.15) is 39.9 Å². The number of hydrogen-bond donors (Lipinski definition) is 1. The summed E-state index contributed by atoms with van der Waals surface area (Å²) in [5.41, 5.74) is 5.64. The van der Waals surface area contributed by atoms with Crippen molar-refractivity contribution >= 4 is 52.5 Å². The number of para-hydroxylation sites is 3. The van der Waals surface area contributed by atoms with Gasteiger partial charge in [0.25, 0.3) is 0 Å². The Balaban J connectivity index is 1.13. The van der Waals surface area contributed by atoms with E-state index in [-0.39, 0.29) is 40.4 Å². The van der Waals surface area contributed by atoms with E-state index in [1.807, 2.05) is 117 Å². The van der Waals surface area contributed by atoms with Crippen LogP contribution in [0.3, 0.4) is 0 Å². The maximum Gasteiger partial charge on any atom is 0.529 e. The number of benzene rings is 6. The molecule has 4 aliphatic carbocycles. The molecule has 470 valence electrons. The fraction of sp³-hybridized carbons (Fsp3) is 0.359. The van der Waals surface area contributed by atoms with Crippen LogP contribution in [0.25, 0.3) is 34.1 Å². The molecule has 10 rings (SSSR count). The van der Waals surface area contributed by atoms with Crippen LogP contribution in [0.2, 0.25) is 0 Å². The first kappa shape index (κ1) is 65.3. The lowest BCUT2D eigenvalue weighted by Crippen LogP contribution is -2.34. The van der Waals surface area contributed by atoms with Gasteiger partial charge in [-0.2, -0.15) is 0 Å². The first-order valence-corrected chi connectivity index (χ1v) is 34.1. The van der Waals surface area contributed by atoms with Gasteiger partial charge in [0.2, 0.25) is 0 Å². The Bertz CT molecular complexity index is 3920. The topological polar surface area (TPSA) is 119 Å². The van der Waals surface area contributed by atoms with Gasteiger partial charge >= 0.3 is 20.5 Å². The SMILES string of the molecule is CC1=C(OC(=O)c2cc3ccccc3c(-c3c(OP(OC4=CCCC(C)C=C4CC(C)C)OC4=CC=CCC4CC(C)C)c(C(=O)Oc4ccccc4C)cc4c3=CCC(CC(C)Cc3ccccc3O[P-]Oc3ccccc3CC(C)C)C=4)c2O)CCC=C1. The van der Waals surface area contributed by atoms with E-state index in [2.05, 4.69) is 104 Å². The summed E-state index contributed by atoms with van der Waals surface area (Å²) in [6.07, 6.45) is 27.5. The molecule has 0 radical (unpaired) electrons. The van der Waals surface area contributed by atoms with Crippen LogP contribution in [0, 0.1) is 48.3 Å². The smallest absolute Gasteiger partial charge is 0.529 e. The van der Waals surface area contributed by atoms with E-state index >= 15 is 4.79 Å². The van der Waals surface area contributed by atoms with Gasteiger partial charge in [-0.25, -0.2) is 9.59 Å². The summed E-state index contributed by atoms with van der Waals surface area (Å²) < 4.78 is 47.3. The molecule has 6 aromatic rings. The summed E-state index contributed by atoms with van der Waals surface area (Å²) in [4.78, 5) is 30.5. The summed E-state index contributed by atoms with van der Waals surface area (Å²) >= 11 is 0. The van der Waals surface area contributed by atoms with Crippen LogP contribution in [-0.2, 0) is 26.6 Å². The lowest BCUT2D eigenvalue weighted by molar-refractivity contribution is 0.0606. The monoisotopic (exact) mass is 1250 g/mol. The van der Waals surface area contributed by atoms with Crippen LogP contribution >= 0.6 is 17.6 Å². The van der Waals surface area contributed by atoms with E-state index in [0.29, 0.717) is 96.4 Å². The Hall–Kier alpha value is -7.64. The summed E-state index contributed by atoms with van der Waals surface area (Å²) in [6.45, 7) is 21.6. The predicted octanol–water partition coefficient (Wildman–Crippen LogP) is 20.2. The highest BCUT2D eigenvalue weighted by Gasteiger charge is 2.35. The van der Waals surface area contributed by atoms with Crippen LogP contribution in [0.1, 0.15) is 158 Å². The number of phenolic OH excluding ortho intramolecular Hbond substituents is 1. The molecule has 90 heavy (non-hydrogen) atoms. The highest BCUT2D eigenvalue weighted by molar-refractivity contribution is 7.42. The fourth-order valence-electron chi connectivity index (χ4n) is 12.6. The molecule has 0 amide bonds. The van der Waals surface area contributed by atoms with Crippen molar-refractivity contribution in [3.8, 4) is 39.9 Å². The minimum Gasteiger partial charge on any atom is -0.628 e. The first-order valence-electron chi connectivity index (χ1n) is 32.3. The lowest BCUT2D eigenvalue weighted by atomic mass is 9.83. The minimum atomic E-state index is -2.44. The number of carbonyl (C=O) groups is 2. The highest BCUT2D eigenvalue weighted by atomic mass is 31.2. The Kier molecular flexibility index (Phi) is 22.1. The predicted molar refractivity (Wildman–Crippen MR) is 366 cm³/mol. The normalized spacial score (nSPS) is 18.1. The van der Waals surface area contributed by atoms with Gasteiger partial charge in [0.05, 0.1) is 11.5 Å². The van der Waals surface area contributed by atoms with Gasteiger partial charge in [0.15, 0.2) is 5.75 Å². The molecule has 10 nitrogen and oxygen atoms in total. The molecule has 12 heteroatoms. The molecule has 0 spiro atoms. The number of hydrogen-bond acceptors (Lipinski definition) is 10. The number of phenols is 1. The Morgan fingerprint density at radius 2 is 1.36 bits per heavy atom. The van der Waals surface area contributed by atoms with Gasteiger partial charge < -0.3 is 37.2 Å². The van der Waals surface area contributed by atoms with E-state index in [0.717, 1.165) is 102 Å². The molecule has 0 bridgehead atoms. The Labute approximate surface area is 536 Å². The summed E-state index contributed by atoms with van der Waals surface area (Å²) in [7, 11) is -2.06. The molecule has 0 aliphatic heterocycles. The van der Waals surface area contributed by atoms with Crippen molar-refractivity contribution in [2.24, 2.45) is 41.4 Å². The quantitative estimate of drug-likeness (QED) is 0.0337. The van der Waals surface area contributed by atoms with E-state index in [1.54, 1.807) is 12.1 Å². The zero-order valence-electron chi connectivity index (χ0n) is 53.9. The Morgan fingerprint density at radius 1 is 0.667 bits per heavy atom. The third-order valence-electron chi connectivity index (χ3n) is 17.0.